The molecule has 0 bridgehead atoms. The molecule has 8 nitrogen and oxygen atoms in total. The zero-order valence-electron chi connectivity index (χ0n) is 17.4. The molecule has 2 aromatic rings. The minimum absolute atomic E-state index is 0.0737. The Morgan fingerprint density at radius 1 is 1.19 bits per heavy atom. The molecule has 0 atom stereocenters. The van der Waals surface area contributed by atoms with E-state index >= 15 is 0 Å². The Hall–Kier alpha value is -3.09. The van der Waals surface area contributed by atoms with Crippen molar-refractivity contribution in [1.82, 2.24) is 9.88 Å². The van der Waals surface area contributed by atoms with Gasteiger partial charge in [-0.3, -0.25) is 9.69 Å². The molecule has 1 aliphatic rings. The van der Waals surface area contributed by atoms with Crippen molar-refractivity contribution in [3.63, 3.8) is 0 Å². The lowest BCUT2D eigenvalue weighted by atomic mass is 10.2. The number of hydrogen-bond donors (Lipinski definition) is 1. The first-order valence-corrected chi connectivity index (χ1v) is 11.1. The molecule has 0 aliphatic carbocycles. The van der Waals surface area contributed by atoms with Gasteiger partial charge in [0, 0.05) is 37.3 Å². The van der Waals surface area contributed by atoms with E-state index in [9.17, 15) is 9.59 Å². The number of esters is 1. The minimum Gasteiger partial charge on any atom is -0.462 e. The van der Waals surface area contributed by atoms with E-state index in [0.717, 1.165) is 42.6 Å². The normalized spacial score (nSPS) is 14.0. The van der Waals surface area contributed by atoms with Crippen LogP contribution >= 0.6 is 11.8 Å². The average molecular weight is 440 g/mol. The van der Waals surface area contributed by atoms with Crippen LogP contribution in [0.4, 0.5) is 11.5 Å². The summed E-state index contributed by atoms with van der Waals surface area (Å²) in [4.78, 5) is 33.8. The van der Waals surface area contributed by atoms with Gasteiger partial charge in [0.1, 0.15) is 5.82 Å². The van der Waals surface area contributed by atoms with Crippen molar-refractivity contribution >= 4 is 35.1 Å². The number of thioether (sulfide) groups is 1. The maximum atomic E-state index is 12.5. The number of amides is 1. The lowest BCUT2D eigenvalue weighted by Crippen LogP contribution is -2.49. The Kier molecular flexibility index (Phi) is 8.27. The van der Waals surface area contributed by atoms with Gasteiger partial charge in [-0.25, -0.2) is 9.78 Å². The Bertz CT molecular complexity index is 937. The number of anilines is 2. The number of aromatic nitrogens is 1. The second kappa shape index (κ2) is 11.3. The van der Waals surface area contributed by atoms with Crippen LogP contribution in [0.1, 0.15) is 17.3 Å². The predicted molar refractivity (Wildman–Crippen MR) is 120 cm³/mol. The van der Waals surface area contributed by atoms with Crippen LogP contribution in [0.3, 0.4) is 0 Å². The first kappa shape index (κ1) is 22.6. The van der Waals surface area contributed by atoms with E-state index in [1.165, 1.54) is 18.0 Å². The summed E-state index contributed by atoms with van der Waals surface area (Å²) in [6, 6.07) is 13.2. The first-order chi connectivity index (χ1) is 15.1. The van der Waals surface area contributed by atoms with Crippen LogP contribution < -0.4 is 10.2 Å². The molecule has 1 saturated heterocycles. The third kappa shape index (κ3) is 6.44. The molecule has 31 heavy (non-hydrogen) atoms. The van der Waals surface area contributed by atoms with E-state index in [1.807, 2.05) is 30.3 Å². The number of carbonyl (C=O) groups excluding carboxylic acids is 2. The standard InChI is InChI=1S/C22H25N5O3S/c1-2-30-22(29)17-7-8-20(24-15-17)27-12-10-26(11-13-27)16-21(28)25-18-5-3-4-6-19(18)31-14-9-23/h3-8,15H,2,10-14,16H2,1H3,(H,25,28). The lowest BCUT2D eigenvalue weighted by Gasteiger charge is -2.35. The summed E-state index contributed by atoms with van der Waals surface area (Å²) in [6.45, 7) is 5.37. The summed E-state index contributed by atoms with van der Waals surface area (Å²) in [5.74, 6) is 0.699. The number of carbonyl (C=O) groups is 2. The topological polar surface area (TPSA) is 98.6 Å². The Morgan fingerprint density at radius 3 is 2.65 bits per heavy atom. The van der Waals surface area contributed by atoms with Gasteiger partial charge in [0.05, 0.1) is 36.2 Å². The van der Waals surface area contributed by atoms with E-state index in [4.69, 9.17) is 10.00 Å². The van der Waals surface area contributed by atoms with E-state index in [2.05, 4.69) is 26.2 Å². The number of para-hydroxylation sites is 1. The largest absolute Gasteiger partial charge is 0.462 e. The van der Waals surface area contributed by atoms with Crippen molar-refractivity contribution in [2.45, 2.75) is 11.8 Å². The predicted octanol–water partition coefficient (Wildman–Crippen LogP) is 2.63. The second-order valence-corrected chi connectivity index (χ2v) is 7.90. The van der Waals surface area contributed by atoms with Gasteiger partial charge < -0.3 is 15.0 Å². The molecule has 1 aromatic carbocycles. The molecular weight excluding hydrogens is 414 g/mol. The maximum absolute atomic E-state index is 12.5. The monoisotopic (exact) mass is 439 g/mol. The van der Waals surface area contributed by atoms with Crippen molar-refractivity contribution in [3.8, 4) is 6.07 Å². The Labute approximate surface area is 186 Å². The fourth-order valence-corrected chi connectivity index (χ4v) is 3.91. The number of rotatable bonds is 8. The zero-order chi connectivity index (χ0) is 22.1. The molecular formula is C22H25N5O3S. The Balaban J connectivity index is 1.49. The summed E-state index contributed by atoms with van der Waals surface area (Å²) in [5.41, 5.74) is 1.17. The van der Waals surface area contributed by atoms with E-state index < -0.39 is 0 Å². The molecule has 3 rings (SSSR count). The molecule has 1 aliphatic heterocycles. The highest BCUT2D eigenvalue weighted by Gasteiger charge is 2.20. The van der Waals surface area contributed by atoms with Crippen LogP contribution in [-0.2, 0) is 9.53 Å². The van der Waals surface area contributed by atoms with Crippen molar-refractivity contribution in [3.05, 3.63) is 48.2 Å². The van der Waals surface area contributed by atoms with Gasteiger partial charge in [0.2, 0.25) is 5.91 Å². The van der Waals surface area contributed by atoms with Gasteiger partial charge in [-0.2, -0.15) is 5.26 Å². The molecule has 0 spiro atoms. The average Bonchev–Trinajstić information content (AvgIpc) is 2.79. The van der Waals surface area contributed by atoms with Gasteiger partial charge >= 0.3 is 5.97 Å². The van der Waals surface area contributed by atoms with Gasteiger partial charge in [-0.1, -0.05) is 12.1 Å². The quantitative estimate of drug-likeness (QED) is 0.495. The molecule has 1 fully saturated rings. The number of nitriles is 1. The van der Waals surface area contributed by atoms with Gasteiger partial charge in [0.15, 0.2) is 0 Å². The molecule has 1 amide bonds. The number of hydrogen-bond acceptors (Lipinski definition) is 8. The van der Waals surface area contributed by atoms with Crippen molar-refractivity contribution in [2.75, 3.05) is 55.3 Å². The third-order valence-electron chi connectivity index (χ3n) is 4.78. The minimum atomic E-state index is -0.370. The number of pyridine rings is 1. The van der Waals surface area contributed by atoms with E-state index in [1.54, 1.807) is 13.0 Å². The van der Waals surface area contributed by atoms with Crippen LogP contribution in [0.5, 0.6) is 0 Å². The van der Waals surface area contributed by atoms with Crippen molar-refractivity contribution in [2.24, 2.45) is 0 Å². The van der Waals surface area contributed by atoms with Crippen LogP contribution in [-0.4, -0.2) is 66.8 Å². The number of benzene rings is 1. The number of ether oxygens (including phenoxy) is 1. The number of nitrogens with zero attached hydrogens (tertiary/aromatic N) is 4. The number of nitrogens with one attached hydrogen (secondary N) is 1. The van der Waals surface area contributed by atoms with Gasteiger partial charge in [0.25, 0.3) is 0 Å². The first-order valence-electron chi connectivity index (χ1n) is 10.1. The van der Waals surface area contributed by atoms with Gasteiger partial charge in [-0.15, -0.1) is 11.8 Å². The summed E-state index contributed by atoms with van der Waals surface area (Å²) < 4.78 is 4.98. The molecule has 0 saturated carbocycles. The molecule has 0 radical (unpaired) electrons. The highest BCUT2D eigenvalue weighted by molar-refractivity contribution is 7.99. The third-order valence-corrected chi connectivity index (χ3v) is 5.72. The summed E-state index contributed by atoms with van der Waals surface area (Å²) in [6.07, 6.45) is 1.54. The van der Waals surface area contributed by atoms with E-state index in [-0.39, 0.29) is 11.9 Å². The highest BCUT2D eigenvalue weighted by Crippen LogP contribution is 2.26. The second-order valence-electron chi connectivity index (χ2n) is 6.88. The zero-order valence-corrected chi connectivity index (χ0v) is 18.2. The molecule has 162 valence electrons. The SMILES string of the molecule is CCOC(=O)c1ccc(N2CCN(CC(=O)Nc3ccccc3SCC#N)CC2)nc1. The molecule has 2 heterocycles. The Morgan fingerprint density at radius 2 is 1.97 bits per heavy atom. The summed E-state index contributed by atoms with van der Waals surface area (Å²) in [7, 11) is 0. The van der Waals surface area contributed by atoms with Crippen LogP contribution in [0, 0.1) is 11.3 Å². The van der Waals surface area contributed by atoms with Crippen LogP contribution in [0.25, 0.3) is 0 Å². The number of piperazine rings is 1. The summed E-state index contributed by atoms with van der Waals surface area (Å²) >= 11 is 1.41. The van der Waals surface area contributed by atoms with Crippen LogP contribution in [0.15, 0.2) is 47.5 Å². The van der Waals surface area contributed by atoms with Crippen molar-refractivity contribution in [1.29, 1.82) is 5.26 Å². The molecule has 1 aromatic heterocycles. The van der Waals surface area contributed by atoms with Crippen molar-refractivity contribution < 1.29 is 14.3 Å². The highest BCUT2D eigenvalue weighted by atomic mass is 32.2. The lowest BCUT2D eigenvalue weighted by molar-refractivity contribution is -0.117. The van der Waals surface area contributed by atoms with Crippen LogP contribution in [0.2, 0.25) is 0 Å². The maximum Gasteiger partial charge on any atom is 0.339 e. The van der Waals surface area contributed by atoms with Gasteiger partial charge in [-0.05, 0) is 31.2 Å². The fraction of sp³-hybridized carbons (Fsp3) is 0.364. The molecule has 1 N–H and O–H groups in total. The molecule has 0 unspecified atom stereocenters. The molecule has 9 heteroatoms. The fourth-order valence-electron chi connectivity index (χ4n) is 3.24. The smallest absolute Gasteiger partial charge is 0.339 e. The van der Waals surface area contributed by atoms with E-state index in [0.29, 0.717) is 24.5 Å². The summed E-state index contributed by atoms with van der Waals surface area (Å²) in [5, 5.41) is 11.7.